The summed E-state index contributed by atoms with van der Waals surface area (Å²) >= 11 is 0. The van der Waals surface area contributed by atoms with Crippen LogP contribution in [0, 0.1) is 0 Å². The number of nitrogen functional groups attached to an aromatic ring is 1. The molecular weight excluding hydrogens is 206 g/mol. The van der Waals surface area contributed by atoms with Gasteiger partial charge in [-0.1, -0.05) is 0 Å². The van der Waals surface area contributed by atoms with Crippen LogP contribution in [0.4, 0.5) is 17.6 Å². The highest BCUT2D eigenvalue weighted by molar-refractivity contribution is 5.53. The Hall–Kier alpha value is -1.56. The quantitative estimate of drug-likeness (QED) is 0.759. The molecule has 1 saturated heterocycles. The van der Waals surface area contributed by atoms with Gasteiger partial charge in [-0.3, -0.25) is 0 Å². The third kappa shape index (κ3) is 2.33. The van der Waals surface area contributed by atoms with Gasteiger partial charge in [0.15, 0.2) is 0 Å². The summed E-state index contributed by atoms with van der Waals surface area (Å²) in [5.74, 6) is 2.01. The minimum atomic E-state index is 0.313. The third-order valence-electron chi connectivity index (χ3n) is 2.51. The van der Waals surface area contributed by atoms with E-state index in [-0.39, 0.29) is 0 Å². The fraction of sp³-hybridized carbons (Fsp3) is 0.600. The monoisotopic (exact) mass is 223 g/mol. The molecule has 0 unspecified atom stereocenters. The van der Waals surface area contributed by atoms with Crippen LogP contribution < -0.4 is 15.5 Å². The van der Waals surface area contributed by atoms with E-state index in [0.717, 1.165) is 37.9 Å². The third-order valence-corrected chi connectivity index (χ3v) is 2.51. The van der Waals surface area contributed by atoms with Crippen LogP contribution in [0.3, 0.4) is 0 Å². The van der Waals surface area contributed by atoms with Crippen molar-refractivity contribution in [3.63, 3.8) is 0 Å². The molecule has 0 aliphatic carbocycles. The highest BCUT2D eigenvalue weighted by atomic mass is 16.5. The summed E-state index contributed by atoms with van der Waals surface area (Å²) in [6.45, 7) is 3.18. The molecule has 0 amide bonds. The summed E-state index contributed by atoms with van der Waals surface area (Å²) in [6.07, 6.45) is 0. The van der Waals surface area contributed by atoms with E-state index in [1.807, 2.05) is 25.1 Å². The van der Waals surface area contributed by atoms with E-state index >= 15 is 0 Å². The van der Waals surface area contributed by atoms with Crippen LogP contribution in [0.15, 0.2) is 6.07 Å². The van der Waals surface area contributed by atoms with Crippen LogP contribution >= 0.6 is 0 Å². The Bertz CT molecular complexity index is 362. The normalized spacial score (nSPS) is 16.2. The fourth-order valence-corrected chi connectivity index (χ4v) is 1.62. The van der Waals surface area contributed by atoms with Gasteiger partial charge in [0.25, 0.3) is 0 Å². The van der Waals surface area contributed by atoms with Crippen molar-refractivity contribution in [1.82, 2.24) is 9.97 Å². The van der Waals surface area contributed by atoms with Gasteiger partial charge in [0.05, 0.1) is 13.2 Å². The van der Waals surface area contributed by atoms with Gasteiger partial charge in [-0.2, -0.15) is 9.97 Å². The second kappa shape index (κ2) is 4.52. The van der Waals surface area contributed by atoms with E-state index in [0.29, 0.717) is 5.95 Å². The van der Waals surface area contributed by atoms with Gasteiger partial charge < -0.3 is 20.3 Å². The zero-order valence-corrected chi connectivity index (χ0v) is 9.68. The predicted octanol–water partition coefficient (Wildman–Crippen LogP) is -0.0386. The smallest absolute Gasteiger partial charge is 0.223 e. The van der Waals surface area contributed by atoms with E-state index in [1.165, 1.54) is 0 Å². The van der Waals surface area contributed by atoms with Crippen molar-refractivity contribution in [2.45, 2.75) is 0 Å². The molecule has 88 valence electrons. The Labute approximate surface area is 95.0 Å². The molecule has 2 heterocycles. The fourth-order valence-electron chi connectivity index (χ4n) is 1.62. The van der Waals surface area contributed by atoms with Crippen LogP contribution in [0.5, 0.6) is 0 Å². The lowest BCUT2D eigenvalue weighted by Crippen LogP contribution is -2.37. The molecule has 1 aliphatic rings. The lowest BCUT2D eigenvalue weighted by Gasteiger charge is -2.28. The minimum Gasteiger partial charge on any atom is -0.378 e. The van der Waals surface area contributed by atoms with Crippen LogP contribution in [-0.2, 0) is 4.74 Å². The van der Waals surface area contributed by atoms with E-state index in [9.17, 15) is 0 Å². The molecule has 1 aromatic heterocycles. The van der Waals surface area contributed by atoms with Crippen LogP contribution in [0.1, 0.15) is 0 Å². The number of ether oxygens (including phenoxy) is 1. The van der Waals surface area contributed by atoms with Gasteiger partial charge in [-0.25, -0.2) is 0 Å². The number of nitrogens with zero attached hydrogens (tertiary/aromatic N) is 4. The van der Waals surface area contributed by atoms with Crippen molar-refractivity contribution in [2.75, 3.05) is 55.9 Å². The average Bonchev–Trinajstić information content (AvgIpc) is 2.29. The van der Waals surface area contributed by atoms with E-state index in [4.69, 9.17) is 10.5 Å². The molecule has 6 heteroatoms. The first kappa shape index (κ1) is 10.9. The molecule has 1 fully saturated rings. The highest BCUT2D eigenvalue weighted by Gasteiger charge is 2.14. The topological polar surface area (TPSA) is 67.5 Å². The van der Waals surface area contributed by atoms with Crippen molar-refractivity contribution in [2.24, 2.45) is 0 Å². The summed E-state index contributed by atoms with van der Waals surface area (Å²) in [5.41, 5.74) is 5.70. The molecule has 0 spiro atoms. The zero-order chi connectivity index (χ0) is 11.5. The first-order valence-electron chi connectivity index (χ1n) is 5.31. The van der Waals surface area contributed by atoms with Gasteiger partial charge >= 0.3 is 0 Å². The number of morpholine rings is 1. The van der Waals surface area contributed by atoms with Crippen molar-refractivity contribution in [3.8, 4) is 0 Å². The average molecular weight is 223 g/mol. The molecule has 1 aromatic rings. The molecular formula is C10H17N5O. The number of rotatable bonds is 2. The van der Waals surface area contributed by atoms with Crippen molar-refractivity contribution >= 4 is 17.6 Å². The SMILES string of the molecule is CN(C)c1cc(N2CCOCC2)nc(N)n1. The number of hydrogen-bond acceptors (Lipinski definition) is 6. The molecule has 6 nitrogen and oxygen atoms in total. The maximum atomic E-state index is 5.70. The maximum absolute atomic E-state index is 5.70. The Morgan fingerprint density at radius 1 is 1.31 bits per heavy atom. The van der Waals surface area contributed by atoms with Gasteiger partial charge in [-0.15, -0.1) is 0 Å². The van der Waals surface area contributed by atoms with Gasteiger partial charge in [0.1, 0.15) is 11.6 Å². The standard InChI is InChI=1S/C10H17N5O/c1-14(2)8-7-9(13-10(11)12-8)15-3-5-16-6-4-15/h7H,3-6H2,1-2H3,(H2,11,12,13). The molecule has 0 bridgehead atoms. The maximum Gasteiger partial charge on any atom is 0.223 e. The minimum absolute atomic E-state index is 0.313. The molecule has 0 atom stereocenters. The van der Waals surface area contributed by atoms with Crippen molar-refractivity contribution in [3.05, 3.63) is 6.07 Å². The molecule has 2 rings (SSSR count). The van der Waals surface area contributed by atoms with E-state index in [1.54, 1.807) is 0 Å². The molecule has 2 N–H and O–H groups in total. The molecule has 16 heavy (non-hydrogen) atoms. The first-order valence-corrected chi connectivity index (χ1v) is 5.31. The number of hydrogen-bond donors (Lipinski definition) is 1. The molecule has 0 aromatic carbocycles. The molecule has 1 aliphatic heterocycles. The summed E-state index contributed by atoms with van der Waals surface area (Å²) < 4.78 is 5.30. The summed E-state index contributed by atoms with van der Waals surface area (Å²) in [6, 6.07) is 1.95. The number of aromatic nitrogens is 2. The Balaban J connectivity index is 2.25. The van der Waals surface area contributed by atoms with Gasteiger partial charge in [-0.05, 0) is 0 Å². The zero-order valence-electron chi connectivity index (χ0n) is 9.68. The second-order valence-electron chi connectivity index (χ2n) is 3.94. The van der Waals surface area contributed by atoms with E-state index < -0.39 is 0 Å². The van der Waals surface area contributed by atoms with Gasteiger partial charge in [0.2, 0.25) is 5.95 Å². The van der Waals surface area contributed by atoms with E-state index in [2.05, 4.69) is 14.9 Å². The van der Waals surface area contributed by atoms with Crippen molar-refractivity contribution in [1.29, 1.82) is 0 Å². The number of anilines is 3. The summed E-state index contributed by atoms with van der Waals surface area (Å²) in [7, 11) is 3.87. The van der Waals surface area contributed by atoms with Crippen LogP contribution in [0.2, 0.25) is 0 Å². The predicted molar refractivity (Wildman–Crippen MR) is 63.8 cm³/mol. The van der Waals surface area contributed by atoms with Gasteiger partial charge in [0, 0.05) is 33.3 Å². The largest absolute Gasteiger partial charge is 0.378 e. The summed E-state index contributed by atoms with van der Waals surface area (Å²) in [4.78, 5) is 12.5. The van der Waals surface area contributed by atoms with Crippen molar-refractivity contribution < 1.29 is 4.74 Å². The second-order valence-corrected chi connectivity index (χ2v) is 3.94. The Kier molecular flexibility index (Phi) is 3.09. The lowest BCUT2D eigenvalue weighted by atomic mass is 10.4. The lowest BCUT2D eigenvalue weighted by molar-refractivity contribution is 0.122. The first-order chi connectivity index (χ1) is 7.66. The molecule has 0 radical (unpaired) electrons. The Morgan fingerprint density at radius 3 is 2.62 bits per heavy atom. The summed E-state index contributed by atoms with van der Waals surface area (Å²) in [5, 5.41) is 0. The molecule has 0 saturated carbocycles. The Morgan fingerprint density at radius 2 is 2.00 bits per heavy atom. The van der Waals surface area contributed by atoms with Crippen LogP contribution in [0.25, 0.3) is 0 Å². The van der Waals surface area contributed by atoms with Crippen LogP contribution in [-0.4, -0.2) is 50.4 Å². The number of nitrogens with two attached hydrogens (primary N) is 1. The highest BCUT2D eigenvalue weighted by Crippen LogP contribution is 2.19.